The van der Waals surface area contributed by atoms with Gasteiger partial charge in [-0.25, -0.2) is 4.68 Å². The molecule has 0 aliphatic heterocycles. The molecule has 0 atom stereocenters. The Hall–Kier alpha value is -1.97. The zero-order chi connectivity index (χ0) is 12.4. The molecular formula is C13H15N3O. The molecule has 0 aliphatic carbocycles. The Morgan fingerprint density at radius 1 is 1.41 bits per heavy atom. The zero-order valence-electron chi connectivity index (χ0n) is 10.3. The number of rotatable bonds is 3. The molecule has 0 radical (unpaired) electrons. The number of nitrogens with zero attached hydrogens (tertiary/aromatic N) is 3. The lowest BCUT2D eigenvalue weighted by atomic mass is 10.1. The predicted octanol–water partition coefficient (Wildman–Crippen LogP) is 2.34. The normalized spacial score (nSPS) is 10.5. The quantitative estimate of drug-likeness (QED) is 0.759. The van der Waals surface area contributed by atoms with Gasteiger partial charge in [0.05, 0.1) is 11.4 Å². The van der Waals surface area contributed by atoms with Crippen LogP contribution in [0.4, 0.5) is 0 Å². The first kappa shape index (κ1) is 11.5. The largest absolute Gasteiger partial charge is 0.293 e. The van der Waals surface area contributed by atoms with Gasteiger partial charge in [-0.05, 0) is 31.0 Å². The van der Waals surface area contributed by atoms with Crippen LogP contribution in [-0.2, 0) is 6.42 Å². The maximum atomic E-state index is 11.3. The molecule has 0 unspecified atom stereocenters. The van der Waals surface area contributed by atoms with Gasteiger partial charge in [0.15, 0.2) is 11.5 Å². The van der Waals surface area contributed by atoms with Crippen molar-refractivity contribution in [2.45, 2.75) is 27.2 Å². The van der Waals surface area contributed by atoms with Gasteiger partial charge in [-0.1, -0.05) is 24.3 Å². The predicted molar refractivity (Wildman–Crippen MR) is 65.5 cm³/mol. The number of ketones is 1. The summed E-state index contributed by atoms with van der Waals surface area (Å²) >= 11 is 0. The van der Waals surface area contributed by atoms with E-state index in [4.69, 9.17) is 0 Å². The average Bonchev–Trinajstić information content (AvgIpc) is 2.71. The van der Waals surface area contributed by atoms with Crippen molar-refractivity contribution in [2.75, 3.05) is 0 Å². The minimum Gasteiger partial charge on any atom is -0.293 e. The zero-order valence-corrected chi connectivity index (χ0v) is 10.3. The van der Waals surface area contributed by atoms with E-state index in [9.17, 15) is 4.79 Å². The number of hydrogen-bond donors (Lipinski definition) is 0. The molecule has 0 amide bonds. The van der Waals surface area contributed by atoms with E-state index in [0.717, 1.165) is 17.8 Å². The van der Waals surface area contributed by atoms with Gasteiger partial charge in [0.25, 0.3) is 0 Å². The summed E-state index contributed by atoms with van der Waals surface area (Å²) in [7, 11) is 0. The van der Waals surface area contributed by atoms with Gasteiger partial charge in [-0.15, -0.1) is 5.10 Å². The van der Waals surface area contributed by atoms with E-state index in [-0.39, 0.29) is 5.78 Å². The molecule has 2 aromatic rings. The SMILES string of the molecule is CCc1cccc(-n2nnc(C(C)=O)c2C)c1. The van der Waals surface area contributed by atoms with Gasteiger partial charge in [-0.2, -0.15) is 0 Å². The van der Waals surface area contributed by atoms with Gasteiger partial charge in [0.2, 0.25) is 0 Å². The van der Waals surface area contributed by atoms with Crippen LogP contribution in [-0.4, -0.2) is 20.8 Å². The summed E-state index contributed by atoms with van der Waals surface area (Å²) in [6.07, 6.45) is 0.973. The van der Waals surface area contributed by atoms with Crippen molar-refractivity contribution in [1.29, 1.82) is 0 Å². The summed E-state index contributed by atoms with van der Waals surface area (Å²) in [5.74, 6) is -0.0552. The molecular weight excluding hydrogens is 214 g/mol. The van der Waals surface area contributed by atoms with Crippen LogP contribution in [0.25, 0.3) is 5.69 Å². The fourth-order valence-corrected chi connectivity index (χ4v) is 1.81. The molecule has 0 N–H and O–H groups in total. The standard InChI is InChI=1S/C13H15N3O/c1-4-11-6-5-7-12(8-11)16-9(2)13(10(3)17)14-15-16/h5-8H,4H2,1-3H3. The summed E-state index contributed by atoms with van der Waals surface area (Å²) in [5.41, 5.74) is 3.40. The van der Waals surface area contributed by atoms with Gasteiger partial charge in [0, 0.05) is 6.92 Å². The Balaban J connectivity index is 2.49. The van der Waals surface area contributed by atoms with Gasteiger partial charge in [0.1, 0.15) is 0 Å². The third-order valence-electron chi connectivity index (χ3n) is 2.79. The summed E-state index contributed by atoms with van der Waals surface area (Å²) in [6.45, 7) is 5.47. The molecule has 88 valence electrons. The topological polar surface area (TPSA) is 47.8 Å². The first-order valence-electron chi connectivity index (χ1n) is 5.66. The fourth-order valence-electron chi connectivity index (χ4n) is 1.81. The van der Waals surface area contributed by atoms with E-state index in [1.807, 2.05) is 19.1 Å². The highest BCUT2D eigenvalue weighted by atomic mass is 16.1. The van der Waals surface area contributed by atoms with Crippen molar-refractivity contribution >= 4 is 5.78 Å². The third-order valence-corrected chi connectivity index (χ3v) is 2.79. The number of carbonyl (C=O) groups is 1. The maximum Gasteiger partial charge on any atom is 0.181 e. The molecule has 0 spiro atoms. The van der Waals surface area contributed by atoms with Crippen LogP contribution in [0.3, 0.4) is 0 Å². The highest BCUT2D eigenvalue weighted by Gasteiger charge is 2.13. The van der Waals surface area contributed by atoms with E-state index >= 15 is 0 Å². The first-order valence-corrected chi connectivity index (χ1v) is 5.66. The monoisotopic (exact) mass is 229 g/mol. The Morgan fingerprint density at radius 3 is 2.76 bits per heavy atom. The van der Waals surface area contributed by atoms with Crippen LogP contribution in [0.5, 0.6) is 0 Å². The fraction of sp³-hybridized carbons (Fsp3) is 0.308. The molecule has 0 saturated carbocycles. The summed E-state index contributed by atoms with van der Waals surface area (Å²) < 4.78 is 1.70. The average molecular weight is 229 g/mol. The second kappa shape index (κ2) is 4.49. The molecule has 1 aromatic carbocycles. The molecule has 4 heteroatoms. The minimum atomic E-state index is -0.0552. The second-order valence-electron chi connectivity index (χ2n) is 4.01. The van der Waals surface area contributed by atoms with E-state index in [0.29, 0.717) is 5.69 Å². The van der Waals surface area contributed by atoms with Crippen molar-refractivity contribution in [2.24, 2.45) is 0 Å². The Morgan fingerprint density at radius 2 is 2.18 bits per heavy atom. The highest BCUT2D eigenvalue weighted by molar-refractivity contribution is 5.93. The number of hydrogen-bond acceptors (Lipinski definition) is 3. The molecule has 1 aromatic heterocycles. The van der Waals surface area contributed by atoms with Crippen LogP contribution < -0.4 is 0 Å². The summed E-state index contributed by atoms with van der Waals surface area (Å²) in [4.78, 5) is 11.3. The van der Waals surface area contributed by atoms with Crippen LogP contribution >= 0.6 is 0 Å². The van der Waals surface area contributed by atoms with Crippen LogP contribution in [0.1, 0.15) is 35.6 Å². The molecule has 0 fully saturated rings. The van der Waals surface area contributed by atoms with Crippen molar-refractivity contribution in [3.63, 3.8) is 0 Å². The van der Waals surface area contributed by atoms with E-state index in [1.165, 1.54) is 12.5 Å². The van der Waals surface area contributed by atoms with Crippen LogP contribution in [0.2, 0.25) is 0 Å². The third kappa shape index (κ3) is 2.11. The Labute approximate surface area is 100 Å². The van der Waals surface area contributed by atoms with E-state index < -0.39 is 0 Å². The van der Waals surface area contributed by atoms with Gasteiger partial charge < -0.3 is 0 Å². The molecule has 17 heavy (non-hydrogen) atoms. The Bertz CT molecular complexity index is 558. The van der Waals surface area contributed by atoms with Gasteiger partial charge >= 0.3 is 0 Å². The lowest BCUT2D eigenvalue weighted by Gasteiger charge is -2.05. The smallest absolute Gasteiger partial charge is 0.181 e. The summed E-state index contributed by atoms with van der Waals surface area (Å²) in [6, 6.07) is 8.08. The number of carbonyl (C=O) groups excluding carboxylic acids is 1. The molecule has 1 heterocycles. The van der Waals surface area contributed by atoms with Crippen LogP contribution in [0, 0.1) is 6.92 Å². The maximum absolute atomic E-state index is 11.3. The van der Waals surface area contributed by atoms with Gasteiger partial charge in [-0.3, -0.25) is 4.79 Å². The Kier molecular flexibility index (Phi) is 3.04. The lowest BCUT2D eigenvalue weighted by Crippen LogP contribution is -2.01. The number of aryl methyl sites for hydroxylation is 1. The number of benzene rings is 1. The second-order valence-corrected chi connectivity index (χ2v) is 4.01. The van der Waals surface area contributed by atoms with Crippen molar-refractivity contribution in [3.8, 4) is 5.69 Å². The molecule has 0 saturated heterocycles. The minimum absolute atomic E-state index is 0.0552. The van der Waals surface area contributed by atoms with E-state index in [2.05, 4.69) is 29.4 Å². The number of aromatic nitrogens is 3. The van der Waals surface area contributed by atoms with Crippen molar-refractivity contribution in [3.05, 3.63) is 41.2 Å². The van der Waals surface area contributed by atoms with Crippen molar-refractivity contribution in [1.82, 2.24) is 15.0 Å². The summed E-state index contributed by atoms with van der Waals surface area (Å²) in [5, 5.41) is 7.94. The molecule has 0 bridgehead atoms. The first-order chi connectivity index (χ1) is 8.13. The van der Waals surface area contributed by atoms with Crippen molar-refractivity contribution < 1.29 is 4.79 Å². The highest BCUT2D eigenvalue weighted by Crippen LogP contribution is 2.14. The molecule has 0 aliphatic rings. The lowest BCUT2D eigenvalue weighted by molar-refractivity contribution is 0.101. The van der Waals surface area contributed by atoms with E-state index in [1.54, 1.807) is 4.68 Å². The number of Topliss-reactive ketones (excluding diaryl/α,β-unsaturated/α-hetero) is 1. The molecule has 2 rings (SSSR count). The van der Waals surface area contributed by atoms with Crippen LogP contribution in [0.15, 0.2) is 24.3 Å². The molecule has 4 nitrogen and oxygen atoms in total.